The van der Waals surface area contributed by atoms with E-state index in [1.54, 1.807) is 12.1 Å². The minimum absolute atomic E-state index is 0.00839. The number of nitro groups is 2. The molecule has 0 unspecified atom stereocenters. The standard InChI is InChI=1S/C21H21N5O8S2/c1-36(32,33)18-4-2-3-17-19(18)22-21(35-17)24(6-5-23-7-9-34-10-8-23)20(27)14-11-15(25(28)29)13-16(12-14)26(30)31/h2-4,11-13H,5-10H2,1H3. The summed E-state index contributed by atoms with van der Waals surface area (Å²) in [4.78, 5) is 42.5. The molecule has 36 heavy (non-hydrogen) atoms. The minimum atomic E-state index is -3.61. The predicted octanol–water partition coefficient (Wildman–Crippen LogP) is 2.50. The van der Waals surface area contributed by atoms with Crippen molar-refractivity contribution in [1.82, 2.24) is 9.88 Å². The smallest absolute Gasteiger partial charge is 0.277 e. The molecule has 0 radical (unpaired) electrons. The molecule has 1 fully saturated rings. The van der Waals surface area contributed by atoms with Crippen LogP contribution in [0, 0.1) is 20.2 Å². The molecule has 3 aromatic rings. The maximum Gasteiger partial charge on any atom is 0.277 e. The second-order valence-electron chi connectivity index (χ2n) is 8.03. The van der Waals surface area contributed by atoms with E-state index >= 15 is 0 Å². The van der Waals surface area contributed by atoms with Crippen LogP contribution in [-0.4, -0.2) is 79.7 Å². The summed E-state index contributed by atoms with van der Waals surface area (Å²) in [6.45, 7) is 2.88. The SMILES string of the molecule is CS(=O)(=O)c1cccc2sc(N(CCN3CCOCC3)C(=O)c3cc([N+](=O)[O-])cc([N+](=O)[O-])c3)nc12. The summed E-state index contributed by atoms with van der Waals surface area (Å²) < 4.78 is 30.4. The highest BCUT2D eigenvalue weighted by molar-refractivity contribution is 7.91. The van der Waals surface area contributed by atoms with Crippen LogP contribution in [0.4, 0.5) is 16.5 Å². The van der Waals surface area contributed by atoms with E-state index in [9.17, 15) is 33.4 Å². The maximum atomic E-state index is 13.6. The van der Waals surface area contributed by atoms with Crippen molar-refractivity contribution in [3.63, 3.8) is 0 Å². The second kappa shape index (κ2) is 10.2. The number of rotatable bonds is 8. The van der Waals surface area contributed by atoms with Crippen molar-refractivity contribution in [2.24, 2.45) is 0 Å². The number of nitro benzene ring substituents is 2. The lowest BCUT2D eigenvalue weighted by molar-refractivity contribution is -0.394. The van der Waals surface area contributed by atoms with E-state index in [1.165, 1.54) is 11.0 Å². The van der Waals surface area contributed by atoms with Gasteiger partial charge in [-0.2, -0.15) is 0 Å². The number of fused-ring (bicyclic) bond motifs is 1. The van der Waals surface area contributed by atoms with Gasteiger partial charge in [-0.3, -0.25) is 34.8 Å². The fourth-order valence-electron chi connectivity index (χ4n) is 3.76. The molecule has 1 amide bonds. The molecule has 1 aliphatic rings. The first-order valence-corrected chi connectivity index (χ1v) is 13.4. The first-order valence-electron chi connectivity index (χ1n) is 10.7. The van der Waals surface area contributed by atoms with E-state index in [-0.39, 0.29) is 27.7 Å². The number of hydrogen-bond acceptors (Lipinski definition) is 11. The zero-order valence-corrected chi connectivity index (χ0v) is 20.7. The Morgan fingerprint density at radius 2 is 1.78 bits per heavy atom. The average Bonchev–Trinajstić information content (AvgIpc) is 3.27. The van der Waals surface area contributed by atoms with Gasteiger partial charge in [0.05, 0.1) is 44.3 Å². The molecule has 190 valence electrons. The number of carbonyl (C=O) groups excluding carboxylic acids is 1. The Labute approximate surface area is 209 Å². The summed E-state index contributed by atoms with van der Waals surface area (Å²) >= 11 is 1.08. The summed E-state index contributed by atoms with van der Waals surface area (Å²) in [6.07, 6.45) is 1.06. The molecule has 15 heteroatoms. The molecular weight excluding hydrogens is 514 g/mol. The van der Waals surface area contributed by atoms with Gasteiger partial charge in [0.2, 0.25) is 0 Å². The number of para-hydroxylation sites is 1. The van der Waals surface area contributed by atoms with Crippen LogP contribution in [0.5, 0.6) is 0 Å². The van der Waals surface area contributed by atoms with Gasteiger partial charge in [-0.1, -0.05) is 17.4 Å². The Morgan fingerprint density at radius 1 is 1.14 bits per heavy atom. The summed E-state index contributed by atoms with van der Waals surface area (Å²) in [7, 11) is -3.61. The van der Waals surface area contributed by atoms with Crippen molar-refractivity contribution >= 4 is 53.8 Å². The first-order chi connectivity index (χ1) is 17.0. The fraction of sp³-hybridized carbons (Fsp3) is 0.333. The van der Waals surface area contributed by atoms with Gasteiger partial charge < -0.3 is 4.74 Å². The van der Waals surface area contributed by atoms with Crippen LogP contribution >= 0.6 is 11.3 Å². The van der Waals surface area contributed by atoms with Crippen molar-refractivity contribution in [3.05, 3.63) is 62.2 Å². The number of nitrogens with zero attached hydrogens (tertiary/aromatic N) is 5. The van der Waals surface area contributed by atoms with E-state index in [2.05, 4.69) is 9.88 Å². The van der Waals surface area contributed by atoms with Gasteiger partial charge in [-0.25, -0.2) is 13.4 Å². The van der Waals surface area contributed by atoms with Crippen LogP contribution in [0.2, 0.25) is 0 Å². The van der Waals surface area contributed by atoms with E-state index in [0.29, 0.717) is 37.5 Å². The number of benzene rings is 2. The normalized spacial score (nSPS) is 14.6. The maximum absolute atomic E-state index is 13.6. The van der Waals surface area contributed by atoms with Gasteiger partial charge in [0.1, 0.15) is 5.52 Å². The van der Waals surface area contributed by atoms with Crippen LogP contribution < -0.4 is 4.90 Å². The molecule has 4 rings (SSSR count). The van der Waals surface area contributed by atoms with Crippen molar-refractivity contribution in [3.8, 4) is 0 Å². The molecule has 0 saturated carbocycles. The number of hydrogen-bond donors (Lipinski definition) is 0. The van der Waals surface area contributed by atoms with Gasteiger partial charge >= 0.3 is 0 Å². The van der Waals surface area contributed by atoms with Gasteiger partial charge in [0, 0.05) is 44.6 Å². The zero-order chi connectivity index (χ0) is 26.0. The molecule has 1 aromatic heterocycles. The summed E-state index contributed by atoms with van der Waals surface area (Å²) in [5.41, 5.74) is -1.23. The van der Waals surface area contributed by atoms with Crippen LogP contribution in [0.1, 0.15) is 10.4 Å². The average molecular weight is 536 g/mol. The number of aromatic nitrogens is 1. The number of anilines is 1. The van der Waals surface area contributed by atoms with Crippen molar-refractivity contribution in [2.75, 3.05) is 50.5 Å². The summed E-state index contributed by atoms with van der Waals surface area (Å²) in [5.74, 6) is -0.727. The minimum Gasteiger partial charge on any atom is -0.379 e. The Kier molecular flexibility index (Phi) is 7.26. The quantitative estimate of drug-likeness (QED) is 0.309. The van der Waals surface area contributed by atoms with Gasteiger partial charge in [-0.15, -0.1) is 0 Å². The van der Waals surface area contributed by atoms with E-state index < -0.39 is 37.0 Å². The van der Waals surface area contributed by atoms with Gasteiger partial charge in [0.15, 0.2) is 15.0 Å². The number of carbonyl (C=O) groups is 1. The molecule has 0 spiro atoms. The molecule has 2 heterocycles. The molecule has 2 aromatic carbocycles. The van der Waals surface area contributed by atoms with Crippen LogP contribution in [0.15, 0.2) is 41.3 Å². The molecule has 0 atom stereocenters. The molecule has 0 aliphatic carbocycles. The lowest BCUT2D eigenvalue weighted by Gasteiger charge is -2.29. The highest BCUT2D eigenvalue weighted by atomic mass is 32.2. The monoisotopic (exact) mass is 535 g/mol. The third-order valence-corrected chi connectivity index (χ3v) is 7.73. The molecule has 1 saturated heterocycles. The van der Waals surface area contributed by atoms with E-state index in [4.69, 9.17) is 4.74 Å². The number of morpholine rings is 1. The highest BCUT2D eigenvalue weighted by Crippen LogP contribution is 2.34. The third-order valence-electron chi connectivity index (χ3n) is 5.56. The van der Waals surface area contributed by atoms with E-state index in [1.807, 2.05) is 0 Å². The largest absolute Gasteiger partial charge is 0.379 e. The zero-order valence-electron chi connectivity index (χ0n) is 19.0. The summed E-state index contributed by atoms with van der Waals surface area (Å²) in [6, 6.07) is 7.41. The first kappa shape index (κ1) is 25.6. The predicted molar refractivity (Wildman–Crippen MR) is 131 cm³/mol. The van der Waals surface area contributed by atoms with Gasteiger partial charge in [0.25, 0.3) is 17.3 Å². The number of amides is 1. The van der Waals surface area contributed by atoms with Crippen LogP contribution in [-0.2, 0) is 14.6 Å². The van der Waals surface area contributed by atoms with E-state index in [0.717, 1.165) is 35.8 Å². The highest BCUT2D eigenvalue weighted by Gasteiger charge is 2.28. The van der Waals surface area contributed by atoms with Crippen LogP contribution in [0.3, 0.4) is 0 Å². The molecule has 0 N–H and O–H groups in total. The van der Waals surface area contributed by atoms with Crippen molar-refractivity contribution < 1.29 is 27.8 Å². The number of thiazole rings is 1. The Balaban J connectivity index is 1.78. The van der Waals surface area contributed by atoms with Crippen LogP contribution in [0.25, 0.3) is 10.2 Å². The van der Waals surface area contributed by atoms with Crippen molar-refractivity contribution in [1.29, 1.82) is 0 Å². The second-order valence-corrected chi connectivity index (χ2v) is 11.0. The lowest BCUT2D eigenvalue weighted by Crippen LogP contribution is -2.43. The number of ether oxygens (including phenoxy) is 1. The Hall–Kier alpha value is -3.53. The Morgan fingerprint density at radius 3 is 2.36 bits per heavy atom. The molecular formula is C21H21N5O8S2. The van der Waals surface area contributed by atoms with Crippen molar-refractivity contribution in [2.45, 2.75) is 4.90 Å². The molecule has 0 bridgehead atoms. The number of non-ortho nitro benzene ring substituents is 2. The lowest BCUT2D eigenvalue weighted by atomic mass is 10.1. The van der Waals surface area contributed by atoms with Gasteiger partial charge in [-0.05, 0) is 12.1 Å². The number of sulfone groups is 1. The molecule has 13 nitrogen and oxygen atoms in total. The molecule has 1 aliphatic heterocycles. The third kappa shape index (κ3) is 5.48. The topological polar surface area (TPSA) is 166 Å². The fourth-order valence-corrected chi connectivity index (χ4v) is 5.68. The summed E-state index contributed by atoms with van der Waals surface area (Å²) in [5, 5.41) is 22.9. The Bertz CT molecular complexity index is 1420.